The van der Waals surface area contributed by atoms with Crippen LogP contribution in [0.4, 0.5) is 11.5 Å². The lowest BCUT2D eigenvalue weighted by molar-refractivity contribution is 1.10. The fraction of sp³-hybridized carbons (Fsp3) is 0.174. The molecule has 5 heteroatoms. The molecule has 0 bridgehead atoms. The number of hydrogen-bond donors (Lipinski definition) is 2. The summed E-state index contributed by atoms with van der Waals surface area (Å²) in [6, 6.07) is 19.5. The van der Waals surface area contributed by atoms with Crippen LogP contribution in [0.25, 0.3) is 22.0 Å². The molecule has 0 unspecified atom stereocenters. The van der Waals surface area contributed by atoms with Gasteiger partial charge in [0, 0.05) is 30.4 Å². The van der Waals surface area contributed by atoms with Crippen LogP contribution in [-0.2, 0) is 6.54 Å². The lowest BCUT2D eigenvalue weighted by Gasteiger charge is -2.11. The van der Waals surface area contributed by atoms with E-state index in [4.69, 9.17) is 0 Å². The minimum absolute atomic E-state index is 0.559. The Kier molecular flexibility index (Phi) is 4.33. The zero-order valence-electron chi connectivity index (χ0n) is 15.5. The zero-order valence-corrected chi connectivity index (χ0v) is 15.5. The standard InChI is InChI=1S/C23H21N5/c1-3-16(13-25-20-5-2-10-24-14-20)11-17(4-1)18-6-9-22-21(12-18)23(27-15-26-22)28-19-7-8-19/h1-6,9-12,14-15,19,25H,7-8,13H2,(H,26,27,28). The van der Waals surface area contributed by atoms with Crippen molar-refractivity contribution in [1.29, 1.82) is 0 Å². The van der Waals surface area contributed by atoms with Crippen molar-refractivity contribution >= 4 is 22.4 Å². The summed E-state index contributed by atoms with van der Waals surface area (Å²) >= 11 is 0. The highest BCUT2D eigenvalue weighted by Gasteiger charge is 2.22. The maximum atomic E-state index is 4.46. The third-order valence-electron chi connectivity index (χ3n) is 4.97. The lowest BCUT2D eigenvalue weighted by atomic mass is 10.0. The molecule has 0 atom stereocenters. The van der Waals surface area contributed by atoms with Gasteiger partial charge in [0.1, 0.15) is 12.1 Å². The van der Waals surface area contributed by atoms with Crippen LogP contribution in [0.3, 0.4) is 0 Å². The Bertz CT molecular complexity index is 1110. The van der Waals surface area contributed by atoms with Crippen molar-refractivity contribution in [1.82, 2.24) is 15.0 Å². The SMILES string of the molecule is c1cncc(NCc2cccc(-c3ccc4ncnc(NC5CC5)c4c3)c2)c1. The monoisotopic (exact) mass is 367 g/mol. The zero-order chi connectivity index (χ0) is 18.8. The molecule has 2 aromatic heterocycles. The molecule has 0 saturated heterocycles. The van der Waals surface area contributed by atoms with Crippen LogP contribution in [0.15, 0.2) is 73.3 Å². The molecule has 4 aromatic rings. The summed E-state index contributed by atoms with van der Waals surface area (Å²) in [4.78, 5) is 13.0. The van der Waals surface area contributed by atoms with Crippen LogP contribution in [0, 0.1) is 0 Å². The van der Waals surface area contributed by atoms with E-state index in [-0.39, 0.29) is 0 Å². The van der Waals surface area contributed by atoms with Crippen LogP contribution in [0.2, 0.25) is 0 Å². The van der Waals surface area contributed by atoms with E-state index in [2.05, 4.69) is 68.1 Å². The van der Waals surface area contributed by atoms with Gasteiger partial charge in [-0.1, -0.05) is 24.3 Å². The van der Waals surface area contributed by atoms with E-state index in [1.54, 1.807) is 12.5 Å². The van der Waals surface area contributed by atoms with E-state index in [9.17, 15) is 0 Å². The maximum Gasteiger partial charge on any atom is 0.137 e. The Labute approximate surface area is 163 Å². The molecular weight excluding hydrogens is 346 g/mol. The molecule has 28 heavy (non-hydrogen) atoms. The number of anilines is 2. The molecule has 1 aliphatic carbocycles. The summed E-state index contributed by atoms with van der Waals surface area (Å²) in [5, 5.41) is 8.01. The minimum atomic E-state index is 0.559. The second-order valence-electron chi connectivity index (χ2n) is 7.17. The number of pyridine rings is 1. The number of benzene rings is 2. The summed E-state index contributed by atoms with van der Waals surface area (Å²) in [7, 11) is 0. The van der Waals surface area contributed by atoms with E-state index in [0.717, 1.165) is 29.0 Å². The predicted octanol–water partition coefficient (Wildman–Crippen LogP) is 4.88. The van der Waals surface area contributed by atoms with Crippen molar-refractivity contribution in [2.24, 2.45) is 0 Å². The van der Waals surface area contributed by atoms with Gasteiger partial charge >= 0.3 is 0 Å². The first kappa shape index (κ1) is 16.7. The summed E-state index contributed by atoms with van der Waals surface area (Å²) in [5.74, 6) is 0.934. The number of nitrogens with zero attached hydrogens (tertiary/aromatic N) is 3. The highest BCUT2D eigenvalue weighted by Crippen LogP contribution is 2.30. The summed E-state index contributed by atoms with van der Waals surface area (Å²) in [5.41, 5.74) is 5.57. The van der Waals surface area contributed by atoms with Gasteiger partial charge in [-0.05, 0) is 59.9 Å². The highest BCUT2D eigenvalue weighted by atomic mass is 15.1. The van der Waals surface area contributed by atoms with E-state index >= 15 is 0 Å². The average molecular weight is 367 g/mol. The summed E-state index contributed by atoms with van der Waals surface area (Å²) in [6.07, 6.45) is 7.69. The first-order valence-corrected chi connectivity index (χ1v) is 9.60. The second-order valence-corrected chi connectivity index (χ2v) is 7.17. The Hall–Kier alpha value is -3.47. The molecule has 5 rings (SSSR count). The van der Waals surface area contributed by atoms with E-state index in [0.29, 0.717) is 6.04 Å². The number of nitrogens with one attached hydrogen (secondary N) is 2. The number of aromatic nitrogens is 3. The fourth-order valence-electron chi connectivity index (χ4n) is 3.30. The molecular formula is C23H21N5. The third kappa shape index (κ3) is 3.64. The molecule has 2 aromatic carbocycles. The van der Waals surface area contributed by atoms with E-state index in [1.807, 2.05) is 18.3 Å². The molecule has 2 N–H and O–H groups in total. The van der Waals surface area contributed by atoms with Gasteiger partial charge in [-0.2, -0.15) is 0 Å². The number of fused-ring (bicyclic) bond motifs is 1. The van der Waals surface area contributed by atoms with Crippen LogP contribution in [0.1, 0.15) is 18.4 Å². The quantitative estimate of drug-likeness (QED) is 0.509. The largest absolute Gasteiger partial charge is 0.380 e. The Morgan fingerprint density at radius 3 is 2.71 bits per heavy atom. The summed E-state index contributed by atoms with van der Waals surface area (Å²) in [6.45, 7) is 0.755. The van der Waals surface area contributed by atoms with Crippen molar-refractivity contribution in [2.75, 3.05) is 10.6 Å². The van der Waals surface area contributed by atoms with Crippen LogP contribution < -0.4 is 10.6 Å². The minimum Gasteiger partial charge on any atom is -0.380 e. The van der Waals surface area contributed by atoms with Crippen LogP contribution in [0.5, 0.6) is 0 Å². The molecule has 138 valence electrons. The first-order chi connectivity index (χ1) is 13.8. The van der Waals surface area contributed by atoms with Gasteiger partial charge in [0.25, 0.3) is 0 Å². The Morgan fingerprint density at radius 2 is 1.86 bits per heavy atom. The Balaban J connectivity index is 1.43. The number of rotatable bonds is 6. The van der Waals surface area contributed by atoms with Gasteiger partial charge in [-0.3, -0.25) is 4.98 Å². The second kappa shape index (κ2) is 7.27. The van der Waals surface area contributed by atoms with Gasteiger partial charge in [0.15, 0.2) is 0 Å². The lowest BCUT2D eigenvalue weighted by Crippen LogP contribution is -2.04. The van der Waals surface area contributed by atoms with E-state index < -0.39 is 0 Å². The predicted molar refractivity (Wildman–Crippen MR) is 113 cm³/mol. The van der Waals surface area contributed by atoms with Crippen LogP contribution >= 0.6 is 0 Å². The van der Waals surface area contributed by atoms with Gasteiger partial charge in [0.05, 0.1) is 11.2 Å². The average Bonchev–Trinajstić information content (AvgIpc) is 3.57. The van der Waals surface area contributed by atoms with Crippen molar-refractivity contribution in [2.45, 2.75) is 25.4 Å². The molecule has 1 saturated carbocycles. The molecule has 5 nitrogen and oxygen atoms in total. The smallest absolute Gasteiger partial charge is 0.137 e. The van der Waals surface area contributed by atoms with Gasteiger partial charge in [-0.25, -0.2) is 9.97 Å². The molecule has 0 radical (unpaired) electrons. The molecule has 0 spiro atoms. The van der Waals surface area contributed by atoms with Crippen molar-refractivity contribution < 1.29 is 0 Å². The molecule has 1 fully saturated rings. The summed E-state index contributed by atoms with van der Waals surface area (Å²) < 4.78 is 0. The maximum absolute atomic E-state index is 4.46. The van der Waals surface area contributed by atoms with E-state index in [1.165, 1.54) is 29.5 Å². The number of hydrogen-bond acceptors (Lipinski definition) is 5. The highest BCUT2D eigenvalue weighted by molar-refractivity contribution is 5.92. The van der Waals surface area contributed by atoms with Crippen molar-refractivity contribution in [3.8, 4) is 11.1 Å². The topological polar surface area (TPSA) is 62.7 Å². The third-order valence-corrected chi connectivity index (χ3v) is 4.97. The van der Waals surface area contributed by atoms with Gasteiger partial charge in [-0.15, -0.1) is 0 Å². The van der Waals surface area contributed by atoms with Crippen molar-refractivity contribution in [3.05, 3.63) is 78.9 Å². The first-order valence-electron chi connectivity index (χ1n) is 9.60. The van der Waals surface area contributed by atoms with Crippen LogP contribution in [-0.4, -0.2) is 21.0 Å². The Morgan fingerprint density at radius 1 is 0.929 bits per heavy atom. The molecule has 1 aliphatic rings. The van der Waals surface area contributed by atoms with Gasteiger partial charge < -0.3 is 10.6 Å². The normalized spacial score (nSPS) is 13.4. The fourth-order valence-corrected chi connectivity index (χ4v) is 3.30. The van der Waals surface area contributed by atoms with Gasteiger partial charge in [0.2, 0.25) is 0 Å². The molecule has 0 amide bonds. The molecule has 2 heterocycles. The van der Waals surface area contributed by atoms with Crippen molar-refractivity contribution in [3.63, 3.8) is 0 Å². The molecule has 0 aliphatic heterocycles.